The Bertz CT molecular complexity index is 1020. The molecule has 2 aromatic rings. The summed E-state index contributed by atoms with van der Waals surface area (Å²) < 4.78 is 0. The molecule has 0 fully saturated rings. The van der Waals surface area contributed by atoms with Crippen LogP contribution in [0.5, 0.6) is 0 Å². The molecule has 2 aliphatic carbocycles. The van der Waals surface area contributed by atoms with Crippen LogP contribution in [0.15, 0.2) is 59.3 Å². The molecule has 0 unspecified atom stereocenters. The first kappa shape index (κ1) is 23.3. The average Bonchev–Trinajstić information content (AvgIpc) is 3.21. The molecular formula is C29H35NO3. The number of carboxylic acid groups (broad SMARTS) is 1. The van der Waals surface area contributed by atoms with Crippen LogP contribution in [-0.2, 0) is 17.6 Å². The summed E-state index contributed by atoms with van der Waals surface area (Å²) in [6.45, 7) is 0. The van der Waals surface area contributed by atoms with Crippen molar-refractivity contribution in [3.05, 3.63) is 76.4 Å². The highest BCUT2D eigenvalue weighted by Crippen LogP contribution is 2.41. The Kier molecular flexibility index (Phi) is 7.98. The van der Waals surface area contributed by atoms with Crippen LogP contribution in [0.1, 0.15) is 86.5 Å². The molecular weight excluding hydrogens is 410 g/mol. The molecule has 2 N–H and O–H groups in total. The van der Waals surface area contributed by atoms with Crippen molar-refractivity contribution in [3.63, 3.8) is 0 Å². The topological polar surface area (TPSA) is 69.9 Å². The molecule has 0 saturated heterocycles. The van der Waals surface area contributed by atoms with Crippen LogP contribution in [0.25, 0.3) is 5.57 Å². The lowest BCUT2D eigenvalue weighted by Gasteiger charge is -2.15. The van der Waals surface area contributed by atoms with E-state index < -0.39 is 11.9 Å². The molecule has 0 aliphatic heterocycles. The van der Waals surface area contributed by atoms with E-state index in [0.717, 1.165) is 50.5 Å². The molecule has 0 heterocycles. The molecule has 0 radical (unpaired) electrons. The maximum atomic E-state index is 11.9. The van der Waals surface area contributed by atoms with Crippen molar-refractivity contribution in [1.29, 1.82) is 0 Å². The monoisotopic (exact) mass is 445 g/mol. The maximum absolute atomic E-state index is 11.9. The van der Waals surface area contributed by atoms with Gasteiger partial charge in [0.2, 0.25) is 0 Å². The zero-order valence-electron chi connectivity index (χ0n) is 19.4. The molecule has 33 heavy (non-hydrogen) atoms. The summed E-state index contributed by atoms with van der Waals surface area (Å²) in [6.07, 6.45) is 12.0. The van der Waals surface area contributed by atoms with Gasteiger partial charge in [0.1, 0.15) is 0 Å². The molecule has 0 spiro atoms. The number of benzene rings is 2. The lowest BCUT2D eigenvalue weighted by atomic mass is 9.90. The standard InChI is InChI=1S/C29H35NO3/c31-29(32)24(14-7-2-1-4-10-21-11-5-3-6-12-21)20-28(30-33)23-16-17-27-25(19-23)18-22-13-8-9-15-26(22)27/h3,5-6,11-12,16-17,19,24,33H,1-2,4,7-10,13-15,18,20H2,(H,31,32)/t24-/m1/s1. The molecule has 2 aliphatic rings. The van der Waals surface area contributed by atoms with E-state index in [0.29, 0.717) is 12.1 Å². The summed E-state index contributed by atoms with van der Waals surface area (Å²) in [6, 6.07) is 16.7. The number of hydrogen-bond donors (Lipinski definition) is 2. The summed E-state index contributed by atoms with van der Waals surface area (Å²) in [4.78, 5) is 11.9. The minimum Gasteiger partial charge on any atom is -0.481 e. The van der Waals surface area contributed by atoms with Crippen LogP contribution in [0, 0.1) is 5.92 Å². The van der Waals surface area contributed by atoms with Gasteiger partial charge < -0.3 is 10.3 Å². The second-order valence-electron chi connectivity index (χ2n) is 9.56. The Balaban J connectivity index is 1.29. The minimum absolute atomic E-state index is 0.266. The number of allylic oxidation sites excluding steroid dienone is 2. The van der Waals surface area contributed by atoms with Crippen molar-refractivity contribution in [3.8, 4) is 0 Å². The van der Waals surface area contributed by atoms with Gasteiger partial charge in [-0.25, -0.2) is 0 Å². The zero-order valence-corrected chi connectivity index (χ0v) is 19.4. The lowest BCUT2D eigenvalue weighted by Crippen LogP contribution is -2.19. The van der Waals surface area contributed by atoms with E-state index in [1.54, 1.807) is 5.57 Å². The van der Waals surface area contributed by atoms with Crippen molar-refractivity contribution in [2.75, 3.05) is 0 Å². The molecule has 0 aromatic heterocycles. The molecule has 0 bridgehead atoms. The first-order valence-corrected chi connectivity index (χ1v) is 12.5. The van der Waals surface area contributed by atoms with Crippen LogP contribution in [0.4, 0.5) is 0 Å². The van der Waals surface area contributed by atoms with Crippen LogP contribution < -0.4 is 0 Å². The molecule has 0 amide bonds. The number of aliphatic carboxylic acids is 1. The first-order chi connectivity index (χ1) is 16.2. The Hall–Kier alpha value is -2.88. The van der Waals surface area contributed by atoms with E-state index >= 15 is 0 Å². The van der Waals surface area contributed by atoms with Gasteiger partial charge in [-0.15, -0.1) is 0 Å². The molecule has 1 atom stereocenters. The molecule has 4 heteroatoms. The van der Waals surface area contributed by atoms with E-state index in [9.17, 15) is 15.1 Å². The van der Waals surface area contributed by atoms with E-state index in [2.05, 4.69) is 41.6 Å². The van der Waals surface area contributed by atoms with Crippen molar-refractivity contribution in [2.24, 2.45) is 11.1 Å². The van der Waals surface area contributed by atoms with Gasteiger partial charge in [-0.05, 0) is 85.3 Å². The molecule has 0 saturated carbocycles. The van der Waals surface area contributed by atoms with Crippen molar-refractivity contribution in [1.82, 2.24) is 0 Å². The van der Waals surface area contributed by atoms with Gasteiger partial charge in [0.15, 0.2) is 0 Å². The lowest BCUT2D eigenvalue weighted by molar-refractivity contribution is -0.141. The normalized spacial score (nSPS) is 16.4. The number of hydrogen-bond acceptors (Lipinski definition) is 3. The highest BCUT2D eigenvalue weighted by molar-refractivity contribution is 6.02. The number of oxime groups is 1. The second-order valence-corrected chi connectivity index (χ2v) is 9.56. The van der Waals surface area contributed by atoms with Gasteiger partial charge in [0.05, 0.1) is 11.6 Å². The Morgan fingerprint density at radius 3 is 2.55 bits per heavy atom. The number of unbranched alkanes of at least 4 members (excludes halogenated alkanes) is 3. The highest BCUT2D eigenvalue weighted by Gasteiger charge is 2.26. The number of nitrogens with zero attached hydrogens (tertiary/aromatic N) is 1. The number of rotatable bonds is 11. The van der Waals surface area contributed by atoms with Crippen molar-refractivity contribution < 1.29 is 15.1 Å². The SMILES string of the molecule is O=C(O)[C@H](CCCCCCc1ccccc1)CC(=NO)c1ccc2c(c1)CC1=C2CCCC1. The van der Waals surface area contributed by atoms with Gasteiger partial charge >= 0.3 is 5.97 Å². The van der Waals surface area contributed by atoms with E-state index in [4.69, 9.17) is 0 Å². The van der Waals surface area contributed by atoms with Gasteiger partial charge in [0, 0.05) is 6.42 Å². The summed E-state index contributed by atoms with van der Waals surface area (Å²) in [5.41, 5.74) is 8.41. The fourth-order valence-electron chi connectivity index (χ4n) is 5.41. The number of fused-ring (bicyclic) bond motifs is 2. The summed E-state index contributed by atoms with van der Waals surface area (Å²) >= 11 is 0. The maximum Gasteiger partial charge on any atom is 0.306 e. The van der Waals surface area contributed by atoms with Crippen molar-refractivity contribution >= 4 is 17.3 Å². The predicted molar refractivity (Wildman–Crippen MR) is 133 cm³/mol. The Morgan fingerprint density at radius 2 is 1.76 bits per heavy atom. The van der Waals surface area contributed by atoms with Gasteiger partial charge in [-0.3, -0.25) is 4.79 Å². The fraction of sp³-hybridized carbons (Fsp3) is 0.448. The van der Waals surface area contributed by atoms with E-state index in [1.165, 1.54) is 41.5 Å². The van der Waals surface area contributed by atoms with Gasteiger partial charge in [0.25, 0.3) is 0 Å². The summed E-state index contributed by atoms with van der Waals surface area (Å²) in [5, 5.41) is 23.0. The average molecular weight is 446 g/mol. The molecule has 4 nitrogen and oxygen atoms in total. The number of carboxylic acids is 1. The Morgan fingerprint density at radius 1 is 0.970 bits per heavy atom. The first-order valence-electron chi connectivity index (χ1n) is 12.5. The fourth-order valence-corrected chi connectivity index (χ4v) is 5.41. The van der Waals surface area contributed by atoms with Crippen molar-refractivity contribution in [2.45, 2.75) is 77.0 Å². The molecule has 4 rings (SSSR count). The zero-order chi connectivity index (χ0) is 23.0. The predicted octanol–water partition coefficient (Wildman–Crippen LogP) is 7.03. The third-order valence-corrected chi connectivity index (χ3v) is 7.27. The van der Waals surface area contributed by atoms with Crippen LogP contribution >= 0.6 is 0 Å². The second kappa shape index (κ2) is 11.3. The van der Waals surface area contributed by atoms with E-state index in [1.807, 2.05) is 12.1 Å². The largest absolute Gasteiger partial charge is 0.481 e. The van der Waals surface area contributed by atoms with Gasteiger partial charge in [-0.2, -0.15) is 0 Å². The third-order valence-electron chi connectivity index (χ3n) is 7.27. The Labute approximate surface area is 197 Å². The van der Waals surface area contributed by atoms with Crippen LogP contribution in [0.2, 0.25) is 0 Å². The van der Waals surface area contributed by atoms with Gasteiger partial charge in [-0.1, -0.05) is 72.5 Å². The van der Waals surface area contributed by atoms with Crippen LogP contribution in [0.3, 0.4) is 0 Å². The third kappa shape index (κ3) is 5.93. The molecule has 2 aromatic carbocycles. The van der Waals surface area contributed by atoms with Crippen LogP contribution in [-0.4, -0.2) is 22.0 Å². The highest BCUT2D eigenvalue weighted by atomic mass is 16.4. The number of aryl methyl sites for hydroxylation is 1. The summed E-state index contributed by atoms with van der Waals surface area (Å²) in [7, 11) is 0. The summed E-state index contributed by atoms with van der Waals surface area (Å²) in [5.74, 6) is -1.33. The smallest absolute Gasteiger partial charge is 0.306 e. The quantitative estimate of drug-likeness (QED) is 0.169. The van der Waals surface area contributed by atoms with E-state index in [-0.39, 0.29) is 6.42 Å². The number of carbonyl (C=O) groups is 1. The minimum atomic E-state index is -0.807. The molecule has 174 valence electrons.